The second-order valence-corrected chi connectivity index (χ2v) is 8.22. The minimum Gasteiger partial charge on any atom is -0.444 e. The second kappa shape index (κ2) is 6.33. The van der Waals surface area contributed by atoms with Crippen LogP contribution in [-0.4, -0.2) is 60.6 Å². The van der Waals surface area contributed by atoms with Crippen LogP contribution in [-0.2, 0) is 11.3 Å². The zero-order valence-corrected chi connectivity index (χ0v) is 15.5. The summed E-state index contributed by atoms with van der Waals surface area (Å²) in [7, 11) is 1.65. The summed E-state index contributed by atoms with van der Waals surface area (Å²) < 4.78 is 5.41. The highest BCUT2D eigenvalue weighted by Gasteiger charge is 2.53. The molecule has 2 aliphatic heterocycles. The molecule has 0 bridgehead atoms. The van der Waals surface area contributed by atoms with Crippen molar-refractivity contribution in [3.63, 3.8) is 0 Å². The highest BCUT2D eigenvalue weighted by Crippen LogP contribution is 2.40. The third-order valence-electron chi connectivity index (χ3n) is 4.71. The first-order valence-corrected chi connectivity index (χ1v) is 8.72. The number of nitrogens with zero attached hydrogens (tertiary/aromatic N) is 2. The van der Waals surface area contributed by atoms with Gasteiger partial charge in [-0.1, -0.05) is 18.2 Å². The highest BCUT2D eigenvalue weighted by atomic mass is 16.6. The Kier molecular flexibility index (Phi) is 4.49. The Morgan fingerprint density at radius 2 is 1.80 bits per heavy atom. The van der Waals surface area contributed by atoms with E-state index >= 15 is 0 Å². The molecule has 2 amide bonds. The summed E-state index contributed by atoms with van der Waals surface area (Å²) in [5.74, 6) is -0.0504. The van der Waals surface area contributed by atoms with Gasteiger partial charge in [0.15, 0.2) is 0 Å². The molecule has 1 N–H and O–H groups in total. The molecule has 2 fully saturated rings. The lowest BCUT2D eigenvalue weighted by atomic mass is 9.73. The van der Waals surface area contributed by atoms with Gasteiger partial charge < -0.3 is 15.0 Å². The van der Waals surface area contributed by atoms with E-state index in [2.05, 4.69) is 10.2 Å². The average Bonchev–Trinajstić information content (AvgIpc) is 2.46. The first-order chi connectivity index (χ1) is 11.7. The number of nitrogens with one attached hydrogen (secondary N) is 1. The molecule has 1 aromatic carbocycles. The maximum Gasteiger partial charge on any atom is 0.410 e. The van der Waals surface area contributed by atoms with Gasteiger partial charge in [0.2, 0.25) is 0 Å². The van der Waals surface area contributed by atoms with Crippen molar-refractivity contribution in [2.75, 3.05) is 33.2 Å². The number of carbonyl (C=O) groups is 2. The molecule has 6 heteroatoms. The predicted octanol–water partition coefficient (Wildman–Crippen LogP) is 2.10. The van der Waals surface area contributed by atoms with Gasteiger partial charge >= 0.3 is 6.09 Å². The van der Waals surface area contributed by atoms with Crippen molar-refractivity contribution in [1.29, 1.82) is 0 Å². The minimum absolute atomic E-state index is 0.0504. The fraction of sp³-hybridized carbons (Fsp3) is 0.579. The molecule has 1 spiro atoms. The van der Waals surface area contributed by atoms with E-state index in [1.165, 1.54) is 0 Å². The average molecular weight is 345 g/mol. The smallest absolute Gasteiger partial charge is 0.410 e. The van der Waals surface area contributed by atoms with Gasteiger partial charge in [-0.25, -0.2) is 4.79 Å². The quantitative estimate of drug-likeness (QED) is 0.911. The van der Waals surface area contributed by atoms with Crippen molar-refractivity contribution in [1.82, 2.24) is 15.1 Å². The number of hydrogen-bond donors (Lipinski definition) is 1. The molecule has 25 heavy (non-hydrogen) atoms. The molecule has 3 rings (SSSR count). The SMILES string of the molecule is CNC(=O)c1ccccc1CN1CC2(C1)CN(C(=O)OC(C)(C)C)C2. The van der Waals surface area contributed by atoms with Crippen LogP contribution in [0.4, 0.5) is 4.79 Å². The molecule has 0 saturated carbocycles. The van der Waals surface area contributed by atoms with Crippen LogP contribution < -0.4 is 5.32 Å². The van der Waals surface area contributed by atoms with Crippen LogP contribution in [0.1, 0.15) is 36.7 Å². The lowest BCUT2D eigenvalue weighted by Crippen LogP contribution is -2.72. The van der Waals surface area contributed by atoms with E-state index in [0.717, 1.165) is 43.9 Å². The van der Waals surface area contributed by atoms with Gasteiger partial charge in [0.25, 0.3) is 5.91 Å². The molecule has 0 aromatic heterocycles. The van der Waals surface area contributed by atoms with E-state index in [1.54, 1.807) is 11.9 Å². The van der Waals surface area contributed by atoms with E-state index < -0.39 is 5.60 Å². The zero-order valence-electron chi connectivity index (χ0n) is 15.5. The summed E-state index contributed by atoms with van der Waals surface area (Å²) >= 11 is 0. The van der Waals surface area contributed by atoms with Crippen LogP contribution in [0.15, 0.2) is 24.3 Å². The van der Waals surface area contributed by atoms with Crippen LogP contribution in [0.25, 0.3) is 0 Å². The summed E-state index contributed by atoms with van der Waals surface area (Å²) in [6.45, 7) is 9.84. The number of ether oxygens (including phenoxy) is 1. The fourth-order valence-electron chi connectivity index (χ4n) is 3.69. The number of amides is 2. The Morgan fingerprint density at radius 1 is 1.16 bits per heavy atom. The number of likely N-dealkylation sites (tertiary alicyclic amines) is 2. The molecule has 2 saturated heterocycles. The minimum atomic E-state index is -0.449. The molecule has 1 aromatic rings. The Balaban J connectivity index is 1.50. The van der Waals surface area contributed by atoms with Gasteiger partial charge in [-0.15, -0.1) is 0 Å². The van der Waals surface area contributed by atoms with Crippen molar-refractivity contribution in [2.45, 2.75) is 32.9 Å². The molecule has 0 radical (unpaired) electrons. The summed E-state index contributed by atoms with van der Waals surface area (Å²) in [4.78, 5) is 28.1. The van der Waals surface area contributed by atoms with Crippen LogP contribution in [0, 0.1) is 5.41 Å². The molecule has 2 heterocycles. The van der Waals surface area contributed by atoms with Gasteiger partial charge in [0.05, 0.1) is 0 Å². The topological polar surface area (TPSA) is 61.9 Å². The van der Waals surface area contributed by atoms with Crippen molar-refractivity contribution in [2.24, 2.45) is 5.41 Å². The van der Waals surface area contributed by atoms with E-state index in [1.807, 2.05) is 45.0 Å². The van der Waals surface area contributed by atoms with Gasteiger partial charge in [-0.2, -0.15) is 0 Å². The fourth-order valence-corrected chi connectivity index (χ4v) is 3.69. The molecule has 0 atom stereocenters. The van der Waals surface area contributed by atoms with Gasteiger partial charge in [0.1, 0.15) is 5.60 Å². The first kappa shape index (κ1) is 17.7. The summed E-state index contributed by atoms with van der Waals surface area (Å²) in [6, 6.07) is 7.71. The largest absolute Gasteiger partial charge is 0.444 e. The highest BCUT2D eigenvalue weighted by molar-refractivity contribution is 5.95. The zero-order chi connectivity index (χ0) is 18.2. The standard InChI is InChI=1S/C19H27N3O3/c1-18(2,3)25-17(24)22-12-19(13-22)10-21(11-19)9-14-7-5-6-8-15(14)16(23)20-4/h5-8H,9-13H2,1-4H3,(H,20,23). The van der Waals surface area contributed by atoms with Crippen LogP contribution in [0.3, 0.4) is 0 Å². The Labute approximate surface area is 149 Å². The van der Waals surface area contributed by atoms with Gasteiger partial charge in [-0.3, -0.25) is 9.69 Å². The maximum absolute atomic E-state index is 12.0. The van der Waals surface area contributed by atoms with Crippen LogP contribution in [0.2, 0.25) is 0 Å². The molecule has 2 aliphatic rings. The third kappa shape index (κ3) is 3.79. The van der Waals surface area contributed by atoms with Crippen LogP contribution >= 0.6 is 0 Å². The summed E-state index contributed by atoms with van der Waals surface area (Å²) in [5.41, 5.74) is 1.53. The third-order valence-corrected chi connectivity index (χ3v) is 4.71. The number of hydrogen-bond acceptors (Lipinski definition) is 4. The molecule has 0 unspecified atom stereocenters. The number of benzene rings is 1. The lowest BCUT2D eigenvalue weighted by Gasteiger charge is -2.60. The van der Waals surface area contributed by atoms with Crippen molar-refractivity contribution >= 4 is 12.0 Å². The van der Waals surface area contributed by atoms with E-state index in [-0.39, 0.29) is 17.4 Å². The number of carbonyl (C=O) groups excluding carboxylic acids is 2. The first-order valence-electron chi connectivity index (χ1n) is 8.72. The lowest BCUT2D eigenvalue weighted by molar-refractivity contribution is -0.115. The molecule has 0 aliphatic carbocycles. The normalized spacial score (nSPS) is 19.1. The Morgan fingerprint density at radius 3 is 2.40 bits per heavy atom. The monoisotopic (exact) mass is 345 g/mol. The Bertz CT molecular complexity index is 667. The predicted molar refractivity (Wildman–Crippen MR) is 95.3 cm³/mol. The van der Waals surface area contributed by atoms with E-state index in [0.29, 0.717) is 0 Å². The summed E-state index contributed by atoms with van der Waals surface area (Å²) in [6.07, 6.45) is -0.221. The maximum atomic E-state index is 12.0. The van der Waals surface area contributed by atoms with Crippen molar-refractivity contribution in [3.8, 4) is 0 Å². The molecular weight excluding hydrogens is 318 g/mol. The van der Waals surface area contributed by atoms with Gasteiger partial charge in [-0.05, 0) is 32.4 Å². The van der Waals surface area contributed by atoms with E-state index in [4.69, 9.17) is 4.74 Å². The van der Waals surface area contributed by atoms with Crippen LogP contribution in [0.5, 0.6) is 0 Å². The van der Waals surface area contributed by atoms with Crippen molar-refractivity contribution < 1.29 is 14.3 Å². The summed E-state index contributed by atoms with van der Waals surface area (Å²) in [5, 5.41) is 2.69. The number of rotatable bonds is 3. The second-order valence-electron chi connectivity index (χ2n) is 8.22. The van der Waals surface area contributed by atoms with Gasteiger partial charge in [0, 0.05) is 50.7 Å². The van der Waals surface area contributed by atoms with Crippen molar-refractivity contribution in [3.05, 3.63) is 35.4 Å². The van der Waals surface area contributed by atoms with E-state index in [9.17, 15) is 9.59 Å². The Hall–Kier alpha value is -2.08. The molecular formula is C19H27N3O3. The molecule has 136 valence electrons. The molecule has 6 nitrogen and oxygen atoms in total.